The molecular weight excluding hydrogens is 210 g/mol. The summed E-state index contributed by atoms with van der Waals surface area (Å²) in [5, 5.41) is 3.04. The smallest absolute Gasteiger partial charge is 0.251 e. The molecule has 1 atom stereocenters. The van der Waals surface area contributed by atoms with Crippen LogP contribution in [0.5, 0.6) is 0 Å². The molecule has 1 aromatic rings. The lowest BCUT2D eigenvalue weighted by atomic mass is 10.2. The van der Waals surface area contributed by atoms with Crippen LogP contribution in [0.1, 0.15) is 30.1 Å². The van der Waals surface area contributed by atoms with Crippen LogP contribution in [-0.4, -0.2) is 17.8 Å². The van der Waals surface area contributed by atoms with Crippen molar-refractivity contribution >= 4 is 17.5 Å². The highest BCUT2D eigenvalue weighted by Gasteiger charge is 2.03. The zero-order valence-electron chi connectivity index (χ0n) is 8.87. The number of hydrogen-bond acceptors (Lipinski definition) is 1. The number of rotatable bonds is 5. The van der Waals surface area contributed by atoms with E-state index in [1.54, 1.807) is 12.1 Å². The number of nitrogens with one attached hydrogen (secondary N) is 1. The van der Waals surface area contributed by atoms with Crippen molar-refractivity contribution in [3.63, 3.8) is 0 Å². The SMILES string of the molecule is CC(Cl)CCCNC(=O)c1ccccc1. The van der Waals surface area contributed by atoms with Gasteiger partial charge in [-0.05, 0) is 31.9 Å². The molecule has 0 aliphatic heterocycles. The van der Waals surface area contributed by atoms with Gasteiger partial charge in [0.15, 0.2) is 0 Å². The maximum Gasteiger partial charge on any atom is 0.251 e. The first kappa shape index (κ1) is 12.1. The van der Waals surface area contributed by atoms with E-state index < -0.39 is 0 Å². The summed E-state index contributed by atoms with van der Waals surface area (Å²) in [6.45, 7) is 2.64. The van der Waals surface area contributed by atoms with Crippen molar-refractivity contribution in [3.05, 3.63) is 35.9 Å². The van der Waals surface area contributed by atoms with E-state index in [0.717, 1.165) is 12.8 Å². The van der Waals surface area contributed by atoms with Crippen LogP contribution >= 0.6 is 11.6 Å². The fourth-order valence-corrected chi connectivity index (χ4v) is 1.43. The topological polar surface area (TPSA) is 29.1 Å². The second kappa shape index (κ2) is 6.46. The summed E-state index contributed by atoms with van der Waals surface area (Å²) in [6.07, 6.45) is 1.85. The van der Waals surface area contributed by atoms with Gasteiger partial charge in [0, 0.05) is 17.5 Å². The lowest BCUT2D eigenvalue weighted by Crippen LogP contribution is -2.24. The molecule has 0 fully saturated rings. The van der Waals surface area contributed by atoms with E-state index in [-0.39, 0.29) is 11.3 Å². The Morgan fingerprint density at radius 3 is 2.67 bits per heavy atom. The van der Waals surface area contributed by atoms with Gasteiger partial charge in [0.25, 0.3) is 5.91 Å². The Balaban J connectivity index is 2.25. The Bertz CT molecular complexity index is 298. The predicted octanol–water partition coefficient (Wildman–Crippen LogP) is 2.82. The standard InChI is InChI=1S/C12H16ClNO/c1-10(13)6-5-9-14-12(15)11-7-3-2-4-8-11/h2-4,7-8,10H,5-6,9H2,1H3,(H,14,15). The number of alkyl halides is 1. The van der Waals surface area contributed by atoms with Crippen LogP contribution < -0.4 is 5.32 Å². The molecule has 1 aromatic carbocycles. The van der Waals surface area contributed by atoms with Crippen molar-refractivity contribution in [2.75, 3.05) is 6.54 Å². The molecule has 0 heterocycles. The molecule has 15 heavy (non-hydrogen) atoms. The third-order valence-corrected chi connectivity index (χ3v) is 2.32. The van der Waals surface area contributed by atoms with E-state index >= 15 is 0 Å². The highest BCUT2D eigenvalue weighted by molar-refractivity contribution is 6.20. The number of amides is 1. The fourth-order valence-electron chi connectivity index (χ4n) is 1.28. The van der Waals surface area contributed by atoms with Crippen molar-refractivity contribution in [3.8, 4) is 0 Å². The summed E-state index contributed by atoms with van der Waals surface area (Å²) in [6, 6.07) is 9.22. The lowest BCUT2D eigenvalue weighted by Gasteiger charge is -2.05. The molecule has 3 heteroatoms. The summed E-state index contributed by atoms with van der Waals surface area (Å²) in [5.74, 6) is -0.0159. The van der Waals surface area contributed by atoms with E-state index in [0.29, 0.717) is 12.1 Å². The fraction of sp³-hybridized carbons (Fsp3) is 0.417. The molecule has 0 radical (unpaired) electrons. The highest BCUT2D eigenvalue weighted by Crippen LogP contribution is 2.03. The zero-order valence-corrected chi connectivity index (χ0v) is 9.63. The minimum absolute atomic E-state index is 0.0159. The van der Waals surface area contributed by atoms with Crippen LogP contribution in [0, 0.1) is 0 Å². The molecule has 0 aliphatic rings. The first-order chi connectivity index (χ1) is 7.20. The minimum Gasteiger partial charge on any atom is -0.352 e. The molecule has 1 rings (SSSR count). The largest absolute Gasteiger partial charge is 0.352 e. The Morgan fingerprint density at radius 1 is 1.40 bits per heavy atom. The van der Waals surface area contributed by atoms with Gasteiger partial charge in [-0.25, -0.2) is 0 Å². The van der Waals surface area contributed by atoms with E-state index in [1.807, 2.05) is 25.1 Å². The van der Waals surface area contributed by atoms with E-state index in [2.05, 4.69) is 5.32 Å². The van der Waals surface area contributed by atoms with Gasteiger partial charge in [-0.15, -0.1) is 11.6 Å². The second-order valence-electron chi connectivity index (χ2n) is 3.54. The maximum atomic E-state index is 11.5. The number of carbonyl (C=O) groups is 1. The molecule has 0 aromatic heterocycles. The summed E-state index contributed by atoms with van der Waals surface area (Å²) < 4.78 is 0. The van der Waals surface area contributed by atoms with Crippen molar-refractivity contribution in [1.82, 2.24) is 5.32 Å². The van der Waals surface area contributed by atoms with Gasteiger partial charge in [0.1, 0.15) is 0 Å². The number of carbonyl (C=O) groups excluding carboxylic acids is 1. The summed E-state index contributed by atoms with van der Waals surface area (Å²) in [4.78, 5) is 11.5. The third kappa shape index (κ3) is 4.84. The van der Waals surface area contributed by atoms with Crippen molar-refractivity contribution < 1.29 is 4.79 Å². The number of halogens is 1. The van der Waals surface area contributed by atoms with Gasteiger partial charge in [0.05, 0.1) is 0 Å². The third-order valence-electron chi connectivity index (χ3n) is 2.10. The molecule has 1 unspecified atom stereocenters. The first-order valence-electron chi connectivity index (χ1n) is 5.17. The van der Waals surface area contributed by atoms with Crippen LogP contribution in [0.4, 0.5) is 0 Å². The number of benzene rings is 1. The quantitative estimate of drug-likeness (QED) is 0.606. The van der Waals surface area contributed by atoms with Gasteiger partial charge in [0.2, 0.25) is 0 Å². The Hall–Kier alpha value is -1.02. The van der Waals surface area contributed by atoms with Gasteiger partial charge < -0.3 is 5.32 Å². The monoisotopic (exact) mass is 225 g/mol. The molecule has 0 saturated carbocycles. The molecule has 82 valence electrons. The predicted molar refractivity (Wildman–Crippen MR) is 63.3 cm³/mol. The van der Waals surface area contributed by atoms with E-state index in [1.165, 1.54) is 0 Å². The van der Waals surface area contributed by atoms with Crippen molar-refractivity contribution in [2.24, 2.45) is 0 Å². The maximum absolute atomic E-state index is 11.5. The summed E-state index contributed by atoms with van der Waals surface area (Å²) in [7, 11) is 0. The van der Waals surface area contributed by atoms with E-state index in [4.69, 9.17) is 11.6 Å². The lowest BCUT2D eigenvalue weighted by molar-refractivity contribution is 0.0953. The van der Waals surface area contributed by atoms with Crippen molar-refractivity contribution in [2.45, 2.75) is 25.1 Å². The van der Waals surface area contributed by atoms with Crippen LogP contribution in [0.2, 0.25) is 0 Å². The van der Waals surface area contributed by atoms with Crippen LogP contribution in [0.25, 0.3) is 0 Å². The Morgan fingerprint density at radius 2 is 2.07 bits per heavy atom. The Kier molecular flexibility index (Phi) is 5.19. The summed E-state index contributed by atoms with van der Waals surface area (Å²) >= 11 is 5.80. The zero-order chi connectivity index (χ0) is 11.1. The molecule has 0 bridgehead atoms. The molecular formula is C12H16ClNO. The average molecular weight is 226 g/mol. The molecule has 0 spiro atoms. The Labute approximate surface area is 95.6 Å². The molecule has 1 amide bonds. The van der Waals surface area contributed by atoms with Gasteiger partial charge in [-0.1, -0.05) is 18.2 Å². The second-order valence-corrected chi connectivity index (χ2v) is 4.29. The highest BCUT2D eigenvalue weighted by atomic mass is 35.5. The average Bonchev–Trinajstić information content (AvgIpc) is 2.25. The first-order valence-corrected chi connectivity index (χ1v) is 5.61. The molecule has 2 nitrogen and oxygen atoms in total. The van der Waals surface area contributed by atoms with Crippen LogP contribution in [0.15, 0.2) is 30.3 Å². The van der Waals surface area contributed by atoms with Gasteiger partial charge >= 0.3 is 0 Å². The van der Waals surface area contributed by atoms with Crippen LogP contribution in [0.3, 0.4) is 0 Å². The molecule has 0 aliphatic carbocycles. The van der Waals surface area contributed by atoms with Gasteiger partial charge in [-0.3, -0.25) is 4.79 Å². The molecule has 0 saturated heterocycles. The van der Waals surface area contributed by atoms with E-state index in [9.17, 15) is 4.79 Å². The normalized spacial score (nSPS) is 12.1. The summed E-state index contributed by atoms with van der Waals surface area (Å²) in [5.41, 5.74) is 0.705. The molecule has 1 N–H and O–H groups in total. The minimum atomic E-state index is -0.0159. The number of hydrogen-bond donors (Lipinski definition) is 1. The van der Waals surface area contributed by atoms with Gasteiger partial charge in [-0.2, -0.15) is 0 Å². The van der Waals surface area contributed by atoms with Crippen LogP contribution in [-0.2, 0) is 0 Å². The van der Waals surface area contributed by atoms with Crippen molar-refractivity contribution in [1.29, 1.82) is 0 Å².